The molecule has 0 saturated carbocycles. The van der Waals surface area contributed by atoms with Crippen molar-refractivity contribution in [3.8, 4) is 0 Å². The molecule has 1 atom stereocenters. The van der Waals surface area contributed by atoms with E-state index < -0.39 is 0 Å². The van der Waals surface area contributed by atoms with Crippen molar-refractivity contribution in [2.24, 2.45) is 0 Å². The highest BCUT2D eigenvalue weighted by molar-refractivity contribution is 9.10. The molecule has 1 amide bonds. The van der Waals surface area contributed by atoms with Crippen molar-refractivity contribution < 1.29 is 4.79 Å². The smallest absolute Gasteiger partial charge is 0.251 e. The Kier molecular flexibility index (Phi) is 5.29. The number of amides is 1. The number of carbonyl (C=O) groups excluding carboxylic acids is 1. The largest absolute Gasteiger partial charge is 0.352 e. The highest BCUT2D eigenvalue weighted by Gasteiger charge is 2.06. The number of rotatable bonds is 4. The first-order valence-electron chi connectivity index (χ1n) is 5.19. The van der Waals surface area contributed by atoms with Crippen molar-refractivity contribution in [3.63, 3.8) is 0 Å². The summed E-state index contributed by atoms with van der Waals surface area (Å²) < 4.78 is 0.950. The molecule has 1 unspecified atom stereocenters. The Morgan fingerprint density at radius 1 is 1.56 bits per heavy atom. The van der Waals surface area contributed by atoms with Crippen molar-refractivity contribution in [1.29, 1.82) is 0 Å². The van der Waals surface area contributed by atoms with Crippen LogP contribution in [-0.4, -0.2) is 17.8 Å². The quantitative estimate of drug-likeness (QED) is 0.848. The minimum absolute atomic E-state index is 0.0574. The summed E-state index contributed by atoms with van der Waals surface area (Å²) in [4.78, 5) is 11.7. The van der Waals surface area contributed by atoms with Crippen LogP contribution >= 0.6 is 27.5 Å². The standard InChI is InChI=1S/C12H15BrClNO/c1-8-3-4-10(7-11(8)13)12(16)15-6-5-9(2)14/h3-4,7,9H,5-6H2,1-2H3,(H,15,16). The molecule has 0 aromatic heterocycles. The van der Waals surface area contributed by atoms with Crippen LogP contribution in [0.15, 0.2) is 22.7 Å². The lowest BCUT2D eigenvalue weighted by atomic mass is 10.1. The van der Waals surface area contributed by atoms with Crippen LogP contribution in [0, 0.1) is 6.92 Å². The van der Waals surface area contributed by atoms with E-state index in [1.54, 1.807) is 0 Å². The molecule has 1 aromatic carbocycles. The van der Waals surface area contributed by atoms with Gasteiger partial charge in [-0.1, -0.05) is 22.0 Å². The zero-order chi connectivity index (χ0) is 12.1. The van der Waals surface area contributed by atoms with Gasteiger partial charge in [0.2, 0.25) is 0 Å². The van der Waals surface area contributed by atoms with Crippen LogP contribution in [0.2, 0.25) is 0 Å². The fourth-order valence-corrected chi connectivity index (χ4v) is 1.71. The minimum atomic E-state index is -0.0574. The van der Waals surface area contributed by atoms with Crippen LogP contribution < -0.4 is 5.32 Å². The number of hydrogen-bond acceptors (Lipinski definition) is 1. The zero-order valence-electron chi connectivity index (χ0n) is 9.39. The molecule has 0 spiro atoms. The predicted octanol–water partition coefficient (Wildman–Crippen LogP) is 3.50. The molecule has 0 radical (unpaired) electrons. The van der Waals surface area contributed by atoms with E-state index in [4.69, 9.17) is 11.6 Å². The molecule has 0 aliphatic carbocycles. The summed E-state index contributed by atoms with van der Waals surface area (Å²) in [7, 11) is 0. The molecule has 0 saturated heterocycles. The summed E-state index contributed by atoms with van der Waals surface area (Å²) in [5, 5.41) is 2.92. The maximum atomic E-state index is 11.7. The molecule has 1 aromatic rings. The van der Waals surface area contributed by atoms with Crippen molar-refractivity contribution in [1.82, 2.24) is 5.32 Å². The van der Waals surface area contributed by atoms with E-state index in [0.29, 0.717) is 12.1 Å². The van der Waals surface area contributed by atoms with Crippen molar-refractivity contribution in [2.75, 3.05) is 6.54 Å². The lowest BCUT2D eigenvalue weighted by Crippen LogP contribution is -2.25. The maximum absolute atomic E-state index is 11.7. The van der Waals surface area contributed by atoms with E-state index in [0.717, 1.165) is 16.5 Å². The molecular formula is C12H15BrClNO. The first-order chi connectivity index (χ1) is 7.50. The lowest BCUT2D eigenvalue weighted by Gasteiger charge is -2.07. The highest BCUT2D eigenvalue weighted by atomic mass is 79.9. The third-order valence-corrected chi connectivity index (χ3v) is 3.33. The predicted molar refractivity (Wildman–Crippen MR) is 71.1 cm³/mol. The fourth-order valence-electron chi connectivity index (χ4n) is 1.22. The summed E-state index contributed by atoms with van der Waals surface area (Å²) in [6.07, 6.45) is 0.778. The van der Waals surface area contributed by atoms with E-state index in [1.165, 1.54) is 0 Å². The normalized spacial score (nSPS) is 12.2. The highest BCUT2D eigenvalue weighted by Crippen LogP contribution is 2.17. The van der Waals surface area contributed by atoms with E-state index in [2.05, 4.69) is 21.2 Å². The Balaban J connectivity index is 2.56. The second-order valence-electron chi connectivity index (χ2n) is 3.79. The van der Waals surface area contributed by atoms with Crippen molar-refractivity contribution >= 4 is 33.4 Å². The van der Waals surface area contributed by atoms with Crippen molar-refractivity contribution in [3.05, 3.63) is 33.8 Å². The average molecular weight is 305 g/mol. The second kappa shape index (κ2) is 6.26. The van der Waals surface area contributed by atoms with Gasteiger partial charge in [-0.15, -0.1) is 11.6 Å². The van der Waals surface area contributed by atoms with Crippen LogP contribution in [-0.2, 0) is 0 Å². The summed E-state index contributed by atoms with van der Waals surface area (Å²) in [6, 6.07) is 5.57. The Labute approximate surface area is 110 Å². The van der Waals surface area contributed by atoms with E-state index >= 15 is 0 Å². The first-order valence-corrected chi connectivity index (χ1v) is 6.42. The molecule has 0 bridgehead atoms. The molecule has 16 heavy (non-hydrogen) atoms. The molecule has 2 nitrogen and oxygen atoms in total. The van der Waals surface area contributed by atoms with Gasteiger partial charge in [0.1, 0.15) is 0 Å². The minimum Gasteiger partial charge on any atom is -0.352 e. The Bertz CT molecular complexity index is 379. The maximum Gasteiger partial charge on any atom is 0.251 e. The summed E-state index contributed by atoms with van der Waals surface area (Å²) >= 11 is 9.20. The van der Waals surface area contributed by atoms with Gasteiger partial charge in [0.25, 0.3) is 5.91 Å². The van der Waals surface area contributed by atoms with E-state index in [9.17, 15) is 4.79 Å². The molecular weight excluding hydrogens is 289 g/mol. The molecule has 0 aliphatic heterocycles. The van der Waals surface area contributed by atoms with E-state index in [-0.39, 0.29) is 11.3 Å². The zero-order valence-corrected chi connectivity index (χ0v) is 11.7. The monoisotopic (exact) mass is 303 g/mol. The van der Waals surface area contributed by atoms with Gasteiger partial charge in [0.15, 0.2) is 0 Å². The molecule has 0 heterocycles. The second-order valence-corrected chi connectivity index (χ2v) is 5.39. The van der Waals surface area contributed by atoms with Gasteiger partial charge < -0.3 is 5.32 Å². The number of aryl methyl sites for hydroxylation is 1. The van der Waals surface area contributed by atoms with Gasteiger partial charge in [-0.25, -0.2) is 0 Å². The molecule has 1 rings (SSSR count). The number of halogens is 2. The van der Waals surface area contributed by atoms with Gasteiger partial charge in [-0.2, -0.15) is 0 Å². The molecule has 0 aliphatic rings. The van der Waals surface area contributed by atoms with Gasteiger partial charge in [-0.05, 0) is 38.0 Å². The SMILES string of the molecule is Cc1ccc(C(=O)NCCC(C)Cl)cc1Br. The Hall–Kier alpha value is -0.540. The van der Waals surface area contributed by atoms with Gasteiger partial charge >= 0.3 is 0 Å². The summed E-state index contributed by atoms with van der Waals surface area (Å²) in [5.74, 6) is -0.0574. The molecule has 4 heteroatoms. The van der Waals surface area contributed by atoms with Crippen LogP contribution in [0.1, 0.15) is 29.3 Å². The van der Waals surface area contributed by atoms with Crippen LogP contribution in [0.4, 0.5) is 0 Å². The molecule has 88 valence electrons. The topological polar surface area (TPSA) is 29.1 Å². The Morgan fingerprint density at radius 3 is 2.81 bits per heavy atom. The van der Waals surface area contributed by atoms with Gasteiger partial charge in [0, 0.05) is 22.0 Å². The van der Waals surface area contributed by atoms with Gasteiger partial charge in [-0.3, -0.25) is 4.79 Å². The third-order valence-electron chi connectivity index (χ3n) is 2.26. The number of hydrogen-bond donors (Lipinski definition) is 1. The van der Waals surface area contributed by atoms with Crippen LogP contribution in [0.3, 0.4) is 0 Å². The lowest BCUT2D eigenvalue weighted by molar-refractivity contribution is 0.0953. The number of alkyl halides is 1. The molecule has 0 fully saturated rings. The number of carbonyl (C=O) groups is 1. The number of benzene rings is 1. The first kappa shape index (κ1) is 13.5. The van der Waals surface area contributed by atoms with Crippen molar-refractivity contribution in [2.45, 2.75) is 25.6 Å². The van der Waals surface area contributed by atoms with Gasteiger partial charge in [0.05, 0.1) is 0 Å². The third kappa shape index (κ3) is 4.14. The summed E-state index contributed by atoms with van der Waals surface area (Å²) in [6.45, 7) is 4.51. The summed E-state index contributed by atoms with van der Waals surface area (Å²) in [5.41, 5.74) is 1.78. The number of nitrogens with one attached hydrogen (secondary N) is 1. The fraction of sp³-hybridized carbons (Fsp3) is 0.417. The Morgan fingerprint density at radius 2 is 2.25 bits per heavy atom. The van der Waals surface area contributed by atoms with E-state index in [1.807, 2.05) is 32.0 Å². The molecule has 1 N–H and O–H groups in total. The average Bonchev–Trinajstić information content (AvgIpc) is 2.21. The van der Waals surface area contributed by atoms with Crippen LogP contribution in [0.25, 0.3) is 0 Å². The van der Waals surface area contributed by atoms with Crippen LogP contribution in [0.5, 0.6) is 0 Å².